The van der Waals surface area contributed by atoms with Crippen LogP contribution in [0.3, 0.4) is 0 Å². The number of carbonyl (C=O) groups excluding carboxylic acids is 2. The summed E-state index contributed by atoms with van der Waals surface area (Å²) in [5.74, 6) is 0.454. The van der Waals surface area contributed by atoms with Gasteiger partial charge in [0.1, 0.15) is 13.2 Å². The van der Waals surface area contributed by atoms with Gasteiger partial charge in [0.15, 0.2) is 11.5 Å². The highest BCUT2D eigenvalue weighted by Gasteiger charge is 2.34. The van der Waals surface area contributed by atoms with Gasteiger partial charge >= 0.3 is 0 Å². The van der Waals surface area contributed by atoms with E-state index < -0.39 is 0 Å². The summed E-state index contributed by atoms with van der Waals surface area (Å²) in [6.45, 7) is 3.16. The molecule has 4 rings (SSSR count). The van der Waals surface area contributed by atoms with Gasteiger partial charge in [0.25, 0.3) is 0 Å². The van der Waals surface area contributed by atoms with Crippen LogP contribution >= 0.6 is 11.6 Å². The molecule has 30 heavy (non-hydrogen) atoms. The first-order chi connectivity index (χ1) is 14.5. The molecule has 0 aliphatic carbocycles. The monoisotopic (exact) mass is 430 g/mol. The van der Waals surface area contributed by atoms with Gasteiger partial charge in [-0.05, 0) is 42.3 Å². The third kappa shape index (κ3) is 4.35. The molecule has 2 atom stereocenters. The van der Waals surface area contributed by atoms with Crippen molar-refractivity contribution in [3.8, 4) is 11.5 Å². The Labute approximate surface area is 179 Å². The van der Waals surface area contributed by atoms with Gasteiger partial charge in [-0.2, -0.15) is 0 Å². The summed E-state index contributed by atoms with van der Waals surface area (Å²) < 4.78 is 11.2. The zero-order valence-corrected chi connectivity index (χ0v) is 17.2. The molecule has 2 unspecified atom stereocenters. The molecule has 158 valence electrons. The van der Waals surface area contributed by atoms with Gasteiger partial charge in [-0.1, -0.05) is 23.7 Å². The van der Waals surface area contributed by atoms with E-state index in [1.165, 1.54) is 0 Å². The lowest BCUT2D eigenvalue weighted by Crippen LogP contribution is -2.39. The molecule has 0 radical (unpaired) electrons. The Morgan fingerprint density at radius 1 is 1.17 bits per heavy atom. The summed E-state index contributed by atoms with van der Waals surface area (Å²) in [7, 11) is 0. The number of nitrogens with one attached hydrogen (secondary N) is 4. The SMILES string of the molecule is Cc1c(Cl)cccc1NC(=O)CNC(=O)C1CNNC1c1ccc2c(c1)OCCO2. The molecule has 2 aromatic carbocycles. The zero-order chi connectivity index (χ0) is 21.1. The molecule has 0 bridgehead atoms. The molecule has 0 saturated carbocycles. The number of fused-ring (bicyclic) bond motifs is 1. The number of halogens is 1. The molecule has 2 aliphatic rings. The number of amides is 2. The number of rotatable bonds is 5. The number of ether oxygens (including phenoxy) is 2. The van der Waals surface area contributed by atoms with Gasteiger partial charge in [-0.25, -0.2) is 5.43 Å². The Morgan fingerprint density at radius 3 is 2.80 bits per heavy atom. The van der Waals surface area contributed by atoms with Crippen molar-refractivity contribution in [2.24, 2.45) is 5.92 Å². The van der Waals surface area contributed by atoms with Crippen molar-refractivity contribution < 1.29 is 19.1 Å². The highest BCUT2D eigenvalue weighted by Crippen LogP contribution is 2.35. The van der Waals surface area contributed by atoms with Crippen LogP contribution in [0.15, 0.2) is 36.4 Å². The second kappa shape index (κ2) is 8.91. The summed E-state index contributed by atoms with van der Waals surface area (Å²) in [6, 6.07) is 10.7. The zero-order valence-electron chi connectivity index (χ0n) is 16.5. The predicted octanol–water partition coefficient (Wildman–Crippen LogP) is 1.94. The van der Waals surface area contributed by atoms with Gasteiger partial charge in [0.05, 0.1) is 18.5 Å². The van der Waals surface area contributed by atoms with Crippen molar-refractivity contribution in [3.05, 3.63) is 52.5 Å². The molecule has 4 N–H and O–H groups in total. The minimum atomic E-state index is -0.381. The largest absolute Gasteiger partial charge is 0.486 e. The van der Waals surface area contributed by atoms with Gasteiger partial charge in [-0.3, -0.25) is 15.0 Å². The Bertz CT molecular complexity index is 968. The average Bonchev–Trinajstić information content (AvgIpc) is 3.25. The summed E-state index contributed by atoms with van der Waals surface area (Å²) >= 11 is 6.08. The first-order valence-corrected chi connectivity index (χ1v) is 10.1. The van der Waals surface area contributed by atoms with Crippen molar-refractivity contribution in [2.75, 3.05) is 31.6 Å². The lowest BCUT2D eigenvalue weighted by molar-refractivity contribution is -0.127. The van der Waals surface area contributed by atoms with E-state index in [9.17, 15) is 9.59 Å². The maximum absolute atomic E-state index is 12.7. The van der Waals surface area contributed by atoms with Crippen molar-refractivity contribution in [1.82, 2.24) is 16.2 Å². The van der Waals surface area contributed by atoms with Crippen LogP contribution in [0, 0.1) is 12.8 Å². The fourth-order valence-electron chi connectivity index (χ4n) is 3.55. The molecule has 2 aliphatic heterocycles. The highest BCUT2D eigenvalue weighted by atomic mass is 35.5. The van der Waals surface area contributed by atoms with Gasteiger partial charge < -0.3 is 20.1 Å². The molecule has 0 aromatic heterocycles. The molecule has 1 fully saturated rings. The third-order valence-corrected chi connectivity index (χ3v) is 5.62. The molecular formula is C21H23ClN4O4. The predicted molar refractivity (Wildman–Crippen MR) is 113 cm³/mol. The van der Waals surface area contributed by atoms with Crippen LogP contribution in [0.2, 0.25) is 5.02 Å². The van der Waals surface area contributed by atoms with E-state index in [-0.39, 0.29) is 30.3 Å². The molecule has 9 heteroatoms. The number of hydrogen-bond acceptors (Lipinski definition) is 6. The van der Waals surface area contributed by atoms with Gasteiger partial charge in [0.2, 0.25) is 11.8 Å². The highest BCUT2D eigenvalue weighted by molar-refractivity contribution is 6.31. The van der Waals surface area contributed by atoms with E-state index in [0.29, 0.717) is 42.0 Å². The lowest BCUT2D eigenvalue weighted by atomic mass is 9.94. The quantitative estimate of drug-likeness (QED) is 0.578. The fourth-order valence-corrected chi connectivity index (χ4v) is 3.72. The topological polar surface area (TPSA) is 101 Å². The minimum absolute atomic E-state index is 0.130. The van der Waals surface area contributed by atoms with Crippen molar-refractivity contribution in [3.63, 3.8) is 0 Å². The normalized spacial score (nSPS) is 19.9. The Hall–Kier alpha value is -2.81. The standard InChI is InChI=1S/C21H23ClN4O4/c1-12-15(22)3-2-4-16(12)25-19(27)11-23-21(28)14-10-24-26-20(14)13-5-6-17-18(9-13)30-8-7-29-17/h2-6,9,14,20,24,26H,7-8,10-11H2,1H3,(H,23,28)(H,25,27). The molecule has 2 heterocycles. The van der Waals surface area contributed by atoms with E-state index in [1.54, 1.807) is 18.2 Å². The van der Waals surface area contributed by atoms with Crippen LogP contribution in [0.5, 0.6) is 11.5 Å². The first kappa shape index (κ1) is 20.5. The van der Waals surface area contributed by atoms with E-state index >= 15 is 0 Å². The maximum Gasteiger partial charge on any atom is 0.243 e. The lowest BCUT2D eigenvalue weighted by Gasteiger charge is -2.22. The minimum Gasteiger partial charge on any atom is -0.486 e. The van der Waals surface area contributed by atoms with Crippen LogP contribution in [0.25, 0.3) is 0 Å². The van der Waals surface area contributed by atoms with E-state index in [2.05, 4.69) is 21.5 Å². The molecule has 8 nitrogen and oxygen atoms in total. The van der Waals surface area contributed by atoms with Crippen LogP contribution in [0.1, 0.15) is 17.2 Å². The number of benzene rings is 2. The average molecular weight is 431 g/mol. The van der Waals surface area contributed by atoms with Crippen LogP contribution in [-0.2, 0) is 9.59 Å². The van der Waals surface area contributed by atoms with E-state index in [1.807, 2.05) is 25.1 Å². The van der Waals surface area contributed by atoms with Gasteiger partial charge in [-0.15, -0.1) is 0 Å². The smallest absolute Gasteiger partial charge is 0.243 e. The maximum atomic E-state index is 12.7. The van der Waals surface area contributed by atoms with Crippen molar-refractivity contribution in [1.29, 1.82) is 0 Å². The summed E-state index contributed by atoms with van der Waals surface area (Å²) in [6.07, 6.45) is 0. The summed E-state index contributed by atoms with van der Waals surface area (Å²) in [4.78, 5) is 25.0. The van der Waals surface area contributed by atoms with Crippen LogP contribution < -0.4 is 31.0 Å². The molecule has 1 saturated heterocycles. The molecule has 0 spiro atoms. The summed E-state index contributed by atoms with van der Waals surface area (Å²) in [5, 5.41) is 6.07. The Kier molecular flexibility index (Phi) is 6.08. The Balaban J connectivity index is 1.37. The number of hydrazine groups is 1. The fraction of sp³-hybridized carbons (Fsp3) is 0.333. The molecular weight excluding hydrogens is 408 g/mol. The van der Waals surface area contributed by atoms with Gasteiger partial charge in [0, 0.05) is 17.3 Å². The molecule has 2 amide bonds. The second-order valence-corrected chi connectivity index (χ2v) is 7.60. The number of anilines is 1. The number of hydrogen-bond donors (Lipinski definition) is 4. The van der Waals surface area contributed by atoms with Crippen LogP contribution in [-0.4, -0.2) is 38.1 Å². The first-order valence-electron chi connectivity index (χ1n) is 9.73. The second-order valence-electron chi connectivity index (χ2n) is 7.19. The number of carbonyl (C=O) groups is 2. The van der Waals surface area contributed by atoms with Crippen LogP contribution in [0.4, 0.5) is 5.69 Å². The third-order valence-electron chi connectivity index (χ3n) is 5.21. The Morgan fingerprint density at radius 2 is 1.97 bits per heavy atom. The van der Waals surface area contributed by atoms with E-state index in [4.69, 9.17) is 21.1 Å². The summed E-state index contributed by atoms with van der Waals surface area (Å²) in [5.41, 5.74) is 8.46. The van der Waals surface area contributed by atoms with Crippen molar-refractivity contribution in [2.45, 2.75) is 13.0 Å². The molecule has 2 aromatic rings. The van der Waals surface area contributed by atoms with E-state index in [0.717, 1.165) is 11.1 Å². The van der Waals surface area contributed by atoms with Crippen molar-refractivity contribution >= 4 is 29.1 Å².